The van der Waals surface area contributed by atoms with Crippen LogP contribution in [0.25, 0.3) is 0 Å². The lowest BCUT2D eigenvalue weighted by Crippen LogP contribution is -2.24. The summed E-state index contributed by atoms with van der Waals surface area (Å²) in [5.41, 5.74) is 8.17. The molecule has 7 heteroatoms. The molecule has 2 rings (SSSR count). The fourth-order valence-corrected chi connectivity index (χ4v) is 2.63. The lowest BCUT2D eigenvalue weighted by atomic mass is 10.2. The highest BCUT2D eigenvalue weighted by molar-refractivity contribution is 6.30. The van der Waals surface area contributed by atoms with Crippen LogP contribution in [-0.2, 0) is 13.6 Å². The van der Waals surface area contributed by atoms with Crippen LogP contribution in [0.1, 0.15) is 16.8 Å². The second-order valence-electron chi connectivity index (χ2n) is 4.88. The number of amidine groups is 1. The van der Waals surface area contributed by atoms with Gasteiger partial charge in [-0.1, -0.05) is 28.9 Å². The Morgan fingerprint density at radius 3 is 2.86 bits per heavy atom. The van der Waals surface area contributed by atoms with Gasteiger partial charge in [0.2, 0.25) is 0 Å². The fraction of sp³-hybridized carbons (Fsp3) is 0.286. The molecule has 0 unspecified atom stereocenters. The molecule has 6 nitrogen and oxygen atoms in total. The molecule has 0 aliphatic carbocycles. The molecule has 0 saturated heterocycles. The summed E-state index contributed by atoms with van der Waals surface area (Å²) < 4.78 is 1.72. The van der Waals surface area contributed by atoms with Crippen LogP contribution in [0.5, 0.6) is 0 Å². The maximum atomic E-state index is 8.94. The molecule has 1 aromatic carbocycles. The van der Waals surface area contributed by atoms with Crippen molar-refractivity contribution in [2.24, 2.45) is 17.9 Å². The molecule has 3 N–H and O–H groups in total. The van der Waals surface area contributed by atoms with Gasteiger partial charge >= 0.3 is 0 Å². The SMILES string of the molecule is Cc1nn(C)c(N(C)Cc2cccc(Cl)c2)c1C(N)=NO. The first-order chi connectivity index (χ1) is 9.93. The zero-order valence-corrected chi connectivity index (χ0v) is 13.0. The van der Waals surface area contributed by atoms with Gasteiger partial charge in [-0.05, 0) is 24.6 Å². The van der Waals surface area contributed by atoms with Crippen molar-refractivity contribution in [1.82, 2.24) is 9.78 Å². The van der Waals surface area contributed by atoms with E-state index in [-0.39, 0.29) is 5.84 Å². The molecule has 1 aromatic heterocycles. The minimum absolute atomic E-state index is 0.0496. The van der Waals surface area contributed by atoms with Crippen LogP contribution in [0.3, 0.4) is 0 Å². The van der Waals surface area contributed by atoms with E-state index in [0.717, 1.165) is 11.4 Å². The van der Waals surface area contributed by atoms with Crippen molar-refractivity contribution in [3.8, 4) is 0 Å². The summed E-state index contributed by atoms with van der Waals surface area (Å²) in [5.74, 6) is 0.830. The highest BCUT2D eigenvalue weighted by atomic mass is 35.5. The van der Waals surface area contributed by atoms with Gasteiger partial charge < -0.3 is 15.8 Å². The van der Waals surface area contributed by atoms with Crippen LogP contribution < -0.4 is 10.6 Å². The van der Waals surface area contributed by atoms with E-state index in [4.69, 9.17) is 22.5 Å². The number of nitrogens with zero attached hydrogens (tertiary/aromatic N) is 4. The van der Waals surface area contributed by atoms with Crippen LogP contribution in [0.2, 0.25) is 5.02 Å². The summed E-state index contributed by atoms with van der Waals surface area (Å²) in [4.78, 5) is 1.99. The first-order valence-electron chi connectivity index (χ1n) is 6.41. The molecule has 21 heavy (non-hydrogen) atoms. The molecule has 0 amide bonds. The summed E-state index contributed by atoms with van der Waals surface area (Å²) in [6, 6.07) is 7.64. The number of halogens is 1. The summed E-state index contributed by atoms with van der Waals surface area (Å²) >= 11 is 6.01. The summed E-state index contributed by atoms with van der Waals surface area (Å²) in [7, 11) is 3.75. The van der Waals surface area contributed by atoms with E-state index in [2.05, 4.69) is 10.3 Å². The topological polar surface area (TPSA) is 79.7 Å². The Hall–Kier alpha value is -2.21. The second kappa shape index (κ2) is 6.05. The van der Waals surface area contributed by atoms with E-state index in [0.29, 0.717) is 22.8 Å². The zero-order valence-electron chi connectivity index (χ0n) is 12.2. The molecule has 0 bridgehead atoms. The third-order valence-corrected chi connectivity index (χ3v) is 3.46. The lowest BCUT2D eigenvalue weighted by Gasteiger charge is -2.21. The van der Waals surface area contributed by atoms with Gasteiger partial charge in [-0.25, -0.2) is 0 Å². The van der Waals surface area contributed by atoms with Gasteiger partial charge in [0, 0.05) is 25.7 Å². The van der Waals surface area contributed by atoms with Gasteiger partial charge in [0.15, 0.2) is 5.84 Å². The Bertz CT molecular complexity index is 680. The number of aromatic nitrogens is 2. The average Bonchev–Trinajstić information content (AvgIpc) is 2.72. The first-order valence-corrected chi connectivity index (χ1v) is 6.79. The maximum Gasteiger partial charge on any atom is 0.175 e. The molecular formula is C14H18ClN5O. The summed E-state index contributed by atoms with van der Waals surface area (Å²) in [5, 5.41) is 17.1. The largest absolute Gasteiger partial charge is 0.409 e. The normalized spacial score (nSPS) is 11.7. The number of aryl methyl sites for hydroxylation is 2. The number of hydrogen-bond acceptors (Lipinski definition) is 4. The van der Waals surface area contributed by atoms with Crippen LogP contribution in [-0.4, -0.2) is 27.9 Å². The number of rotatable bonds is 4. The van der Waals surface area contributed by atoms with Gasteiger partial charge in [-0.2, -0.15) is 5.10 Å². The maximum absolute atomic E-state index is 8.94. The van der Waals surface area contributed by atoms with Crippen molar-refractivity contribution < 1.29 is 5.21 Å². The van der Waals surface area contributed by atoms with Crippen molar-refractivity contribution >= 4 is 23.3 Å². The van der Waals surface area contributed by atoms with Crippen LogP contribution in [0, 0.1) is 6.92 Å². The Kier molecular flexibility index (Phi) is 4.37. The van der Waals surface area contributed by atoms with Crippen molar-refractivity contribution in [2.45, 2.75) is 13.5 Å². The van der Waals surface area contributed by atoms with Crippen LogP contribution >= 0.6 is 11.6 Å². The summed E-state index contributed by atoms with van der Waals surface area (Å²) in [6.07, 6.45) is 0. The Morgan fingerprint density at radius 1 is 1.52 bits per heavy atom. The quantitative estimate of drug-likeness (QED) is 0.392. The molecule has 1 heterocycles. The Labute approximate surface area is 128 Å². The Balaban J connectivity index is 2.37. The first kappa shape index (κ1) is 15.2. The molecule has 0 spiro atoms. The average molecular weight is 308 g/mol. The van der Waals surface area contributed by atoms with E-state index in [9.17, 15) is 0 Å². The van der Waals surface area contributed by atoms with Gasteiger partial charge in [0.25, 0.3) is 0 Å². The third kappa shape index (κ3) is 3.11. The highest BCUT2D eigenvalue weighted by Crippen LogP contribution is 2.24. The number of hydrogen-bond donors (Lipinski definition) is 2. The predicted octanol–water partition coefficient (Wildman–Crippen LogP) is 2.11. The molecule has 0 fully saturated rings. The van der Waals surface area contributed by atoms with E-state index >= 15 is 0 Å². The minimum Gasteiger partial charge on any atom is -0.409 e. The minimum atomic E-state index is 0.0496. The smallest absolute Gasteiger partial charge is 0.175 e. The predicted molar refractivity (Wildman–Crippen MR) is 84.0 cm³/mol. The number of anilines is 1. The zero-order chi connectivity index (χ0) is 15.6. The molecule has 0 radical (unpaired) electrons. The molecule has 2 aromatic rings. The molecule has 0 saturated carbocycles. The monoisotopic (exact) mass is 307 g/mol. The van der Waals surface area contributed by atoms with Gasteiger partial charge in [-0.3, -0.25) is 4.68 Å². The second-order valence-corrected chi connectivity index (χ2v) is 5.32. The highest BCUT2D eigenvalue weighted by Gasteiger charge is 2.20. The van der Waals surface area contributed by atoms with E-state index in [1.54, 1.807) is 4.68 Å². The summed E-state index contributed by atoms with van der Waals surface area (Å²) in [6.45, 7) is 2.45. The van der Waals surface area contributed by atoms with Gasteiger partial charge in [0.05, 0.1) is 11.3 Å². The van der Waals surface area contributed by atoms with Gasteiger partial charge in [0.1, 0.15) is 5.82 Å². The van der Waals surface area contributed by atoms with Gasteiger partial charge in [-0.15, -0.1) is 0 Å². The van der Waals surface area contributed by atoms with E-state index in [1.165, 1.54) is 0 Å². The lowest BCUT2D eigenvalue weighted by molar-refractivity contribution is 0.318. The standard InChI is InChI=1S/C14H18ClN5O/c1-9-12(13(16)18-21)14(20(3)17-9)19(2)8-10-5-4-6-11(15)7-10/h4-7,21H,8H2,1-3H3,(H2,16,18). The molecule has 0 aliphatic rings. The molecule has 112 valence electrons. The number of oxime groups is 1. The van der Waals surface area contributed by atoms with Crippen molar-refractivity contribution in [2.75, 3.05) is 11.9 Å². The number of benzene rings is 1. The molecular weight excluding hydrogens is 290 g/mol. The van der Waals surface area contributed by atoms with Crippen molar-refractivity contribution in [3.63, 3.8) is 0 Å². The molecule has 0 atom stereocenters. The van der Waals surface area contributed by atoms with Crippen LogP contribution in [0.4, 0.5) is 5.82 Å². The van der Waals surface area contributed by atoms with Crippen molar-refractivity contribution in [3.05, 3.63) is 46.1 Å². The fourth-order valence-electron chi connectivity index (χ4n) is 2.42. The van der Waals surface area contributed by atoms with E-state index < -0.39 is 0 Å². The van der Waals surface area contributed by atoms with Crippen molar-refractivity contribution in [1.29, 1.82) is 0 Å². The Morgan fingerprint density at radius 2 is 2.24 bits per heavy atom. The third-order valence-electron chi connectivity index (χ3n) is 3.23. The number of nitrogens with two attached hydrogens (primary N) is 1. The van der Waals surface area contributed by atoms with Crippen LogP contribution in [0.15, 0.2) is 29.4 Å². The van der Waals surface area contributed by atoms with E-state index in [1.807, 2.05) is 50.2 Å². The molecule has 0 aliphatic heterocycles.